The second kappa shape index (κ2) is 7.19. The van der Waals surface area contributed by atoms with Crippen LogP contribution in [0.1, 0.15) is 22.3 Å². The van der Waals surface area contributed by atoms with Crippen molar-refractivity contribution in [1.82, 2.24) is 5.32 Å². The quantitative estimate of drug-likeness (QED) is 0.462. The van der Waals surface area contributed by atoms with Gasteiger partial charge >= 0.3 is 12.1 Å². The summed E-state index contributed by atoms with van der Waals surface area (Å²) in [4.78, 5) is 32.2. The average molecular weight is 356 g/mol. The Morgan fingerprint density at radius 3 is 2.29 bits per heavy atom. The van der Waals surface area contributed by atoms with Gasteiger partial charge in [0.05, 0.1) is 10.5 Å². The Bertz CT molecular complexity index is 662. The molecule has 0 heterocycles. The van der Waals surface area contributed by atoms with E-state index in [4.69, 9.17) is 5.11 Å². The summed E-state index contributed by atoms with van der Waals surface area (Å²) in [5.74, 6) is -3.28. The lowest BCUT2D eigenvalue weighted by atomic mass is 10.1. The average Bonchev–Trinajstić information content (AvgIpc) is 2.44. The molecule has 0 aliphatic rings. The van der Waals surface area contributed by atoms with E-state index in [0.717, 1.165) is 0 Å². The molecule has 1 aromatic rings. The lowest BCUT2D eigenvalue weighted by Crippen LogP contribution is -2.42. The molecule has 0 radical (unpaired) electrons. The molecule has 1 amide bonds. The van der Waals surface area contributed by atoms with E-state index in [9.17, 15) is 41.7 Å². The van der Waals surface area contributed by atoms with Crippen LogP contribution in [0.4, 0.5) is 27.6 Å². The van der Waals surface area contributed by atoms with Crippen molar-refractivity contribution in [1.29, 1.82) is 0 Å². The minimum atomic E-state index is -4.90. The Morgan fingerprint density at radius 2 is 1.88 bits per heavy atom. The number of carbonyl (C=O) groups is 2. The number of amides is 1. The molecule has 1 rings (SSSR count). The van der Waals surface area contributed by atoms with Crippen LogP contribution in [0.5, 0.6) is 0 Å². The number of carbonyl (C=O) groups excluding carboxylic acids is 1. The SMILES string of the molecule is O=C(NC(CC(F)F)C(=O)O)c1ccc(C(F)(F)F)cc1[N+](=O)[O-]. The first-order valence-electron chi connectivity index (χ1n) is 6.11. The number of alkyl halides is 5. The molecule has 0 saturated heterocycles. The number of nitrogens with zero attached hydrogens (tertiary/aromatic N) is 1. The highest BCUT2D eigenvalue weighted by atomic mass is 19.4. The predicted molar refractivity (Wildman–Crippen MR) is 67.6 cm³/mol. The molecule has 0 fully saturated rings. The molecule has 2 N–H and O–H groups in total. The maximum atomic E-state index is 12.5. The maximum Gasteiger partial charge on any atom is 0.416 e. The van der Waals surface area contributed by atoms with Gasteiger partial charge in [0, 0.05) is 12.5 Å². The molecule has 1 unspecified atom stereocenters. The third kappa shape index (κ3) is 4.86. The van der Waals surface area contributed by atoms with Gasteiger partial charge in [-0.15, -0.1) is 0 Å². The lowest BCUT2D eigenvalue weighted by molar-refractivity contribution is -0.385. The summed E-state index contributed by atoms with van der Waals surface area (Å²) in [5, 5.41) is 21.2. The van der Waals surface area contributed by atoms with Crippen LogP contribution in [0.15, 0.2) is 18.2 Å². The summed E-state index contributed by atoms with van der Waals surface area (Å²) in [6.45, 7) is 0. The van der Waals surface area contributed by atoms with Gasteiger partial charge in [-0.05, 0) is 12.1 Å². The summed E-state index contributed by atoms with van der Waals surface area (Å²) in [5.41, 5.74) is -3.51. The molecule has 0 aliphatic heterocycles. The summed E-state index contributed by atoms with van der Waals surface area (Å²) in [6.07, 6.45) is -9.26. The molecule has 0 spiro atoms. The van der Waals surface area contributed by atoms with E-state index in [1.807, 2.05) is 0 Å². The molecule has 132 valence electrons. The van der Waals surface area contributed by atoms with Crippen molar-refractivity contribution in [2.75, 3.05) is 0 Å². The highest BCUT2D eigenvalue weighted by molar-refractivity contribution is 6.00. The minimum absolute atomic E-state index is 0.0950. The van der Waals surface area contributed by atoms with Crippen LogP contribution in [-0.4, -0.2) is 34.4 Å². The molecule has 0 aliphatic carbocycles. The number of benzene rings is 1. The summed E-state index contributed by atoms with van der Waals surface area (Å²) in [7, 11) is 0. The topological polar surface area (TPSA) is 110 Å². The van der Waals surface area contributed by atoms with Crippen molar-refractivity contribution in [3.63, 3.8) is 0 Å². The van der Waals surface area contributed by atoms with E-state index < -0.39 is 58.7 Å². The highest BCUT2D eigenvalue weighted by Crippen LogP contribution is 2.33. The van der Waals surface area contributed by atoms with Crippen molar-refractivity contribution >= 4 is 17.6 Å². The lowest BCUT2D eigenvalue weighted by Gasteiger charge is -2.14. The summed E-state index contributed by atoms with van der Waals surface area (Å²) >= 11 is 0. The normalized spacial score (nSPS) is 12.8. The third-order valence-electron chi connectivity index (χ3n) is 2.78. The fourth-order valence-corrected chi connectivity index (χ4v) is 1.69. The van der Waals surface area contributed by atoms with Gasteiger partial charge in [-0.25, -0.2) is 13.6 Å². The number of hydrogen-bond donors (Lipinski definition) is 2. The standard InChI is InChI=1S/C12H9F5N2O5/c13-9(14)4-7(11(21)22)18-10(20)6-2-1-5(12(15,16)17)3-8(6)19(23)24/h1-3,7,9H,4H2,(H,18,20)(H,21,22). The van der Waals surface area contributed by atoms with Gasteiger partial charge in [-0.2, -0.15) is 13.2 Å². The summed E-state index contributed by atoms with van der Waals surface area (Å²) in [6, 6.07) is -1.11. The number of carboxylic acid groups (broad SMARTS) is 1. The second-order valence-electron chi connectivity index (χ2n) is 4.48. The molecule has 24 heavy (non-hydrogen) atoms. The van der Waals surface area contributed by atoms with Gasteiger partial charge in [0.1, 0.15) is 11.6 Å². The highest BCUT2D eigenvalue weighted by Gasteiger charge is 2.34. The first kappa shape index (κ1) is 19.3. The van der Waals surface area contributed by atoms with E-state index >= 15 is 0 Å². The van der Waals surface area contributed by atoms with E-state index in [1.54, 1.807) is 5.32 Å². The Hall–Kier alpha value is -2.79. The Morgan fingerprint density at radius 1 is 1.29 bits per heavy atom. The minimum Gasteiger partial charge on any atom is -0.480 e. The molecule has 0 aromatic heterocycles. The van der Waals surface area contributed by atoms with Gasteiger partial charge in [0.15, 0.2) is 0 Å². The zero-order valence-electron chi connectivity index (χ0n) is 11.5. The van der Waals surface area contributed by atoms with Crippen LogP contribution in [0.25, 0.3) is 0 Å². The van der Waals surface area contributed by atoms with E-state index in [2.05, 4.69) is 0 Å². The molecular weight excluding hydrogens is 347 g/mol. The Labute approximate surface area is 130 Å². The van der Waals surface area contributed by atoms with E-state index in [-0.39, 0.29) is 6.07 Å². The number of rotatable bonds is 6. The first-order chi connectivity index (χ1) is 10.9. The van der Waals surface area contributed by atoms with Crippen LogP contribution >= 0.6 is 0 Å². The van der Waals surface area contributed by atoms with Crippen molar-refractivity contribution in [2.45, 2.75) is 25.1 Å². The smallest absolute Gasteiger partial charge is 0.416 e. The molecule has 7 nitrogen and oxygen atoms in total. The fourth-order valence-electron chi connectivity index (χ4n) is 1.69. The molecule has 12 heteroatoms. The van der Waals surface area contributed by atoms with Crippen LogP contribution in [-0.2, 0) is 11.0 Å². The number of halogens is 5. The van der Waals surface area contributed by atoms with Crippen molar-refractivity contribution in [2.24, 2.45) is 0 Å². The molecule has 0 saturated carbocycles. The fraction of sp³-hybridized carbons (Fsp3) is 0.333. The van der Waals surface area contributed by atoms with Gasteiger partial charge < -0.3 is 10.4 Å². The van der Waals surface area contributed by atoms with E-state index in [1.165, 1.54) is 0 Å². The van der Waals surface area contributed by atoms with Crippen molar-refractivity contribution < 1.29 is 41.6 Å². The number of aliphatic carboxylic acids is 1. The van der Waals surface area contributed by atoms with Gasteiger partial charge in [0.25, 0.3) is 11.6 Å². The zero-order chi connectivity index (χ0) is 18.7. The number of hydrogen-bond acceptors (Lipinski definition) is 4. The third-order valence-corrected chi connectivity index (χ3v) is 2.78. The summed E-state index contributed by atoms with van der Waals surface area (Å²) < 4.78 is 62.1. The number of nitro groups is 1. The maximum absolute atomic E-state index is 12.5. The Balaban J connectivity index is 3.18. The molecule has 1 atom stereocenters. The monoisotopic (exact) mass is 356 g/mol. The van der Waals surface area contributed by atoms with E-state index in [0.29, 0.717) is 12.1 Å². The van der Waals surface area contributed by atoms with Gasteiger partial charge in [-0.3, -0.25) is 14.9 Å². The van der Waals surface area contributed by atoms with Gasteiger partial charge in [0.2, 0.25) is 6.43 Å². The predicted octanol–water partition coefficient (Wildman–Crippen LogP) is 2.45. The van der Waals surface area contributed by atoms with Crippen LogP contribution in [0.2, 0.25) is 0 Å². The van der Waals surface area contributed by atoms with Crippen molar-refractivity contribution in [3.05, 3.63) is 39.4 Å². The van der Waals surface area contributed by atoms with Crippen LogP contribution in [0, 0.1) is 10.1 Å². The second-order valence-corrected chi connectivity index (χ2v) is 4.48. The van der Waals surface area contributed by atoms with Crippen LogP contribution < -0.4 is 5.32 Å². The first-order valence-corrected chi connectivity index (χ1v) is 6.11. The van der Waals surface area contributed by atoms with Gasteiger partial charge in [-0.1, -0.05) is 0 Å². The van der Waals surface area contributed by atoms with Crippen molar-refractivity contribution in [3.8, 4) is 0 Å². The molecule has 0 bridgehead atoms. The molecular formula is C12H9F5N2O5. The number of nitro benzene ring substituents is 1. The number of carboxylic acids is 1. The zero-order valence-corrected chi connectivity index (χ0v) is 11.5. The number of nitrogens with one attached hydrogen (secondary N) is 1. The largest absolute Gasteiger partial charge is 0.480 e. The molecule has 1 aromatic carbocycles. The Kier molecular flexibility index (Phi) is 5.77. The van der Waals surface area contributed by atoms with Crippen LogP contribution in [0.3, 0.4) is 0 Å².